The van der Waals surface area contributed by atoms with Gasteiger partial charge in [0.15, 0.2) is 0 Å². The highest BCUT2D eigenvalue weighted by Gasteiger charge is 2.15. The number of hydrogen-bond acceptors (Lipinski definition) is 4. The smallest absolute Gasteiger partial charge is 0.337 e. The van der Waals surface area contributed by atoms with Gasteiger partial charge in [-0.1, -0.05) is 54.6 Å². The molecule has 0 bridgehead atoms. The molecule has 36 heavy (non-hydrogen) atoms. The first-order valence-electron chi connectivity index (χ1n) is 11.8. The fourth-order valence-corrected chi connectivity index (χ4v) is 4.37. The van der Waals surface area contributed by atoms with E-state index in [2.05, 4.69) is 47.0 Å². The number of fused-ring (bicyclic) bond motifs is 1. The van der Waals surface area contributed by atoms with Gasteiger partial charge in [-0.15, -0.1) is 0 Å². The molecular weight excluding hydrogens is 450 g/mol. The maximum absolute atomic E-state index is 12.0. The summed E-state index contributed by atoms with van der Waals surface area (Å²) in [6.07, 6.45) is 0. The molecule has 0 spiro atoms. The van der Waals surface area contributed by atoms with Gasteiger partial charge in [0.2, 0.25) is 0 Å². The lowest BCUT2D eigenvalue weighted by Gasteiger charge is -2.15. The third-order valence-corrected chi connectivity index (χ3v) is 6.25. The SMILES string of the molecule is COC(=O)c1ccc(Cn2c(-c3ccc(OCc4ccccc4)cc3)cc3ccccc32)c(OC)c1. The van der Waals surface area contributed by atoms with E-state index < -0.39 is 0 Å². The first-order valence-corrected chi connectivity index (χ1v) is 11.8. The Labute approximate surface area is 210 Å². The zero-order chi connectivity index (χ0) is 24.9. The standard InChI is InChI=1S/C31H27NO4/c1-34-30-19-25(31(33)35-2)12-13-26(30)20-32-28-11-7-6-10-24(28)18-29(32)23-14-16-27(17-15-23)36-21-22-8-4-3-5-9-22/h3-19H,20-21H2,1-2H3. The topological polar surface area (TPSA) is 49.7 Å². The summed E-state index contributed by atoms with van der Waals surface area (Å²) in [5, 5.41) is 1.15. The van der Waals surface area contributed by atoms with Crippen LogP contribution < -0.4 is 9.47 Å². The van der Waals surface area contributed by atoms with Crippen LogP contribution in [0.15, 0.2) is 103 Å². The number of ether oxygens (including phenoxy) is 3. The summed E-state index contributed by atoms with van der Waals surface area (Å²) in [6, 6.07) is 34.3. The Hall–Kier alpha value is -4.51. The number of hydrogen-bond donors (Lipinski definition) is 0. The molecule has 0 aliphatic carbocycles. The number of methoxy groups -OCH3 is 2. The van der Waals surface area contributed by atoms with E-state index >= 15 is 0 Å². The summed E-state index contributed by atoms with van der Waals surface area (Å²) in [6.45, 7) is 1.11. The molecule has 5 heteroatoms. The molecule has 0 aliphatic rings. The molecule has 4 aromatic carbocycles. The highest BCUT2D eigenvalue weighted by molar-refractivity contribution is 5.90. The van der Waals surface area contributed by atoms with E-state index in [9.17, 15) is 4.79 Å². The summed E-state index contributed by atoms with van der Waals surface area (Å²) in [5.41, 5.74) is 5.86. The summed E-state index contributed by atoms with van der Waals surface area (Å²) >= 11 is 0. The van der Waals surface area contributed by atoms with Gasteiger partial charge in [0.1, 0.15) is 18.1 Å². The Kier molecular flexibility index (Phi) is 6.72. The molecule has 0 N–H and O–H groups in total. The second-order valence-electron chi connectivity index (χ2n) is 8.49. The van der Waals surface area contributed by atoms with Crippen LogP contribution in [0.2, 0.25) is 0 Å². The molecule has 0 saturated heterocycles. The van der Waals surface area contributed by atoms with Crippen LogP contribution in [-0.2, 0) is 17.9 Å². The van der Waals surface area contributed by atoms with E-state index in [-0.39, 0.29) is 5.97 Å². The third kappa shape index (κ3) is 4.82. The summed E-state index contributed by atoms with van der Waals surface area (Å²) in [4.78, 5) is 12.0. The van der Waals surface area contributed by atoms with Gasteiger partial charge in [-0.2, -0.15) is 0 Å². The molecule has 5 aromatic rings. The van der Waals surface area contributed by atoms with E-state index in [4.69, 9.17) is 14.2 Å². The lowest BCUT2D eigenvalue weighted by atomic mass is 10.1. The van der Waals surface area contributed by atoms with Crippen LogP contribution in [0.25, 0.3) is 22.2 Å². The van der Waals surface area contributed by atoms with Crippen molar-refractivity contribution in [3.63, 3.8) is 0 Å². The fourth-order valence-electron chi connectivity index (χ4n) is 4.37. The zero-order valence-electron chi connectivity index (χ0n) is 20.3. The van der Waals surface area contributed by atoms with Crippen molar-refractivity contribution in [2.75, 3.05) is 14.2 Å². The second kappa shape index (κ2) is 10.4. The molecule has 1 heterocycles. The lowest BCUT2D eigenvalue weighted by Crippen LogP contribution is -2.06. The summed E-state index contributed by atoms with van der Waals surface area (Å²) in [5.74, 6) is 1.08. The number of carbonyl (C=O) groups is 1. The summed E-state index contributed by atoms with van der Waals surface area (Å²) < 4.78 is 18.7. The Balaban J connectivity index is 1.46. The minimum absolute atomic E-state index is 0.387. The van der Waals surface area contributed by atoms with Gasteiger partial charge in [-0.05, 0) is 59.7 Å². The molecule has 0 radical (unpaired) electrons. The average molecular weight is 478 g/mol. The number of rotatable bonds is 8. The Bertz CT molecular complexity index is 1490. The lowest BCUT2D eigenvalue weighted by molar-refractivity contribution is 0.0600. The van der Waals surface area contributed by atoms with Crippen LogP contribution in [0.5, 0.6) is 11.5 Å². The molecule has 1 aromatic heterocycles. The van der Waals surface area contributed by atoms with Gasteiger partial charge in [0.25, 0.3) is 0 Å². The summed E-state index contributed by atoms with van der Waals surface area (Å²) in [7, 11) is 2.99. The molecule has 5 nitrogen and oxygen atoms in total. The van der Waals surface area contributed by atoms with E-state index in [1.165, 1.54) is 7.11 Å². The molecule has 0 atom stereocenters. The highest BCUT2D eigenvalue weighted by atomic mass is 16.5. The van der Waals surface area contributed by atoms with E-state index in [0.29, 0.717) is 24.5 Å². The van der Waals surface area contributed by atoms with Gasteiger partial charge in [-0.25, -0.2) is 4.79 Å². The van der Waals surface area contributed by atoms with Crippen molar-refractivity contribution in [3.8, 4) is 22.8 Å². The van der Waals surface area contributed by atoms with Gasteiger partial charge < -0.3 is 18.8 Å². The highest BCUT2D eigenvalue weighted by Crippen LogP contribution is 2.32. The Morgan fingerprint density at radius 3 is 2.31 bits per heavy atom. The van der Waals surface area contributed by atoms with Crippen molar-refractivity contribution >= 4 is 16.9 Å². The normalized spacial score (nSPS) is 10.8. The first kappa shape index (κ1) is 23.2. The number of aromatic nitrogens is 1. The van der Waals surface area contributed by atoms with Crippen molar-refractivity contribution in [1.29, 1.82) is 0 Å². The van der Waals surface area contributed by atoms with Crippen LogP contribution in [0, 0.1) is 0 Å². The molecular formula is C31H27NO4. The zero-order valence-corrected chi connectivity index (χ0v) is 20.3. The largest absolute Gasteiger partial charge is 0.496 e. The predicted octanol–water partition coefficient (Wildman–Crippen LogP) is 6.73. The van der Waals surface area contributed by atoms with Crippen LogP contribution in [-0.4, -0.2) is 24.8 Å². The predicted molar refractivity (Wildman–Crippen MR) is 142 cm³/mol. The monoisotopic (exact) mass is 477 g/mol. The van der Waals surface area contributed by atoms with Gasteiger partial charge in [-0.3, -0.25) is 0 Å². The molecule has 5 rings (SSSR count). The van der Waals surface area contributed by atoms with Crippen LogP contribution in [0.4, 0.5) is 0 Å². The number of benzene rings is 4. The fraction of sp³-hybridized carbons (Fsp3) is 0.129. The van der Waals surface area contributed by atoms with Gasteiger partial charge >= 0.3 is 5.97 Å². The van der Waals surface area contributed by atoms with Gasteiger partial charge in [0, 0.05) is 22.2 Å². The molecule has 0 fully saturated rings. The van der Waals surface area contributed by atoms with Crippen LogP contribution >= 0.6 is 0 Å². The van der Waals surface area contributed by atoms with Crippen LogP contribution in [0.3, 0.4) is 0 Å². The number of carbonyl (C=O) groups excluding carboxylic acids is 1. The third-order valence-electron chi connectivity index (χ3n) is 6.25. The minimum atomic E-state index is -0.387. The van der Waals surface area contributed by atoms with Crippen molar-refractivity contribution in [3.05, 3.63) is 120 Å². The van der Waals surface area contributed by atoms with E-state index in [1.54, 1.807) is 19.2 Å². The van der Waals surface area contributed by atoms with Crippen molar-refractivity contribution in [2.24, 2.45) is 0 Å². The number of nitrogens with zero attached hydrogens (tertiary/aromatic N) is 1. The van der Waals surface area contributed by atoms with Crippen molar-refractivity contribution in [2.45, 2.75) is 13.2 Å². The van der Waals surface area contributed by atoms with Crippen LogP contribution in [0.1, 0.15) is 21.5 Å². The second-order valence-corrected chi connectivity index (χ2v) is 8.49. The van der Waals surface area contributed by atoms with Crippen molar-refractivity contribution in [1.82, 2.24) is 4.57 Å². The maximum Gasteiger partial charge on any atom is 0.337 e. The molecule has 0 amide bonds. The van der Waals surface area contributed by atoms with Crippen molar-refractivity contribution < 1.29 is 19.0 Å². The average Bonchev–Trinajstić information content (AvgIpc) is 3.30. The molecule has 180 valence electrons. The minimum Gasteiger partial charge on any atom is -0.496 e. The first-order chi connectivity index (χ1) is 17.7. The molecule has 0 aliphatic heterocycles. The Morgan fingerprint density at radius 2 is 1.56 bits per heavy atom. The van der Waals surface area contributed by atoms with Gasteiger partial charge in [0.05, 0.1) is 26.3 Å². The van der Waals surface area contributed by atoms with E-state index in [1.807, 2.05) is 48.5 Å². The Morgan fingerprint density at radius 1 is 0.806 bits per heavy atom. The quantitative estimate of drug-likeness (QED) is 0.233. The number of esters is 1. The number of para-hydroxylation sites is 1. The molecule has 0 saturated carbocycles. The maximum atomic E-state index is 12.0. The molecule has 0 unspecified atom stereocenters. The van der Waals surface area contributed by atoms with E-state index in [0.717, 1.165) is 39.0 Å².